The van der Waals surface area contributed by atoms with Gasteiger partial charge < -0.3 is 10.2 Å². The molecule has 22 heavy (non-hydrogen) atoms. The summed E-state index contributed by atoms with van der Waals surface area (Å²) in [5.74, 6) is 0.247. The smallest absolute Gasteiger partial charge is 0.225 e. The van der Waals surface area contributed by atoms with Crippen molar-refractivity contribution in [2.24, 2.45) is 5.92 Å². The van der Waals surface area contributed by atoms with Crippen molar-refractivity contribution in [3.8, 4) is 0 Å². The molecule has 120 valence electrons. The van der Waals surface area contributed by atoms with Gasteiger partial charge in [-0.2, -0.15) is 0 Å². The first-order valence-corrected chi connectivity index (χ1v) is 9.38. The lowest BCUT2D eigenvalue weighted by atomic mass is 10.0. The van der Waals surface area contributed by atoms with Crippen LogP contribution in [0.15, 0.2) is 18.5 Å². The van der Waals surface area contributed by atoms with Crippen LogP contribution >= 0.6 is 0 Å². The Hall–Kier alpha value is -1.70. The first kappa shape index (κ1) is 15.2. The van der Waals surface area contributed by atoms with Gasteiger partial charge in [0, 0.05) is 31.5 Å². The van der Waals surface area contributed by atoms with Crippen LogP contribution in [0, 0.1) is 5.92 Å². The number of hydrogen-bond donors (Lipinski definition) is 1. The molecule has 1 amide bonds. The molecule has 0 bridgehead atoms. The molecule has 1 aromatic heterocycles. The molecule has 0 saturated carbocycles. The first-order chi connectivity index (χ1) is 10.5. The molecular formula is C14H20N4O3S. The lowest BCUT2D eigenvalue weighted by molar-refractivity contribution is -0.125. The minimum atomic E-state index is -3.03. The van der Waals surface area contributed by atoms with Gasteiger partial charge in [-0.15, -0.1) is 0 Å². The summed E-state index contributed by atoms with van der Waals surface area (Å²) in [5, 5.41) is 3.00. The van der Waals surface area contributed by atoms with E-state index in [1.54, 1.807) is 18.5 Å². The van der Waals surface area contributed by atoms with E-state index in [1.807, 2.05) is 0 Å². The van der Waals surface area contributed by atoms with E-state index >= 15 is 0 Å². The van der Waals surface area contributed by atoms with E-state index in [1.165, 1.54) is 0 Å². The number of nitrogens with one attached hydrogen (secondary N) is 1. The van der Waals surface area contributed by atoms with Crippen LogP contribution in [0.25, 0.3) is 0 Å². The van der Waals surface area contributed by atoms with Crippen LogP contribution in [-0.2, 0) is 14.6 Å². The van der Waals surface area contributed by atoms with Gasteiger partial charge in [0.2, 0.25) is 11.9 Å². The second-order valence-corrected chi connectivity index (χ2v) is 8.17. The SMILES string of the molecule is O=C(N[C@@H]1CCCN(c2ncccn2)C1)[C@H]1CCS(=O)(=O)C1. The van der Waals surface area contributed by atoms with Gasteiger partial charge in [0.15, 0.2) is 9.84 Å². The molecule has 0 radical (unpaired) electrons. The fraction of sp³-hybridized carbons (Fsp3) is 0.643. The van der Waals surface area contributed by atoms with Crippen molar-refractivity contribution in [3.05, 3.63) is 18.5 Å². The van der Waals surface area contributed by atoms with Crippen molar-refractivity contribution >= 4 is 21.7 Å². The second-order valence-electron chi connectivity index (χ2n) is 5.94. The third-order valence-electron chi connectivity index (χ3n) is 4.21. The minimum absolute atomic E-state index is 0.0168. The predicted molar refractivity (Wildman–Crippen MR) is 82.2 cm³/mol. The van der Waals surface area contributed by atoms with Crippen molar-refractivity contribution in [2.75, 3.05) is 29.5 Å². The number of carbonyl (C=O) groups excluding carboxylic acids is 1. The van der Waals surface area contributed by atoms with Gasteiger partial charge in [0.25, 0.3) is 0 Å². The largest absolute Gasteiger partial charge is 0.351 e. The molecule has 8 heteroatoms. The Morgan fingerprint density at radius 1 is 1.27 bits per heavy atom. The highest BCUT2D eigenvalue weighted by Crippen LogP contribution is 2.20. The summed E-state index contributed by atoms with van der Waals surface area (Å²) in [6.07, 6.45) is 5.69. The fourth-order valence-electron chi connectivity index (χ4n) is 3.05. The van der Waals surface area contributed by atoms with Crippen LogP contribution in [0.4, 0.5) is 5.95 Å². The molecule has 1 aromatic rings. The maximum absolute atomic E-state index is 12.2. The maximum atomic E-state index is 12.2. The van der Waals surface area contributed by atoms with Crippen LogP contribution in [0.2, 0.25) is 0 Å². The highest BCUT2D eigenvalue weighted by molar-refractivity contribution is 7.91. The average Bonchev–Trinajstić information content (AvgIpc) is 2.89. The van der Waals surface area contributed by atoms with Gasteiger partial charge in [-0.05, 0) is 25.3 Å². The van der Waals surface area contributed by atoms with Gasteiger partial charge in [-0.1, -0.05) is 0 Å². The number of sulfone groups is 1. The molecule has 0 spiro atoms. The number of hydrogen-bond acceptors (Lipinski definition) is 6. The van der Waals surface area contributed by atoms with E-state index in [2.05, 4.69) is 20.2 Å². The Balaban J connectivity index is 1.58. The highest BCUT2D eigenvalue weighted by Gasteiger charge is 2.34. The third-order valence-corrected chi connectivity index (χ3v) is 5.97. The molecule has 3 heterocycles. The lowest BCUT2D eigenvalue weighted by Gasteiger charge is -2.33. The summed E-state index contributed by atoms with van der Waals surface area (Å²) in [7, 11) is -3.03. The molecule has 0 aromatic carbocycles. The molecule has 1 N–H and O–H groups in total. The summed E-state index contributed by atoms with van der Waals surface area (Å²) in [4.78, 5) is 22.7. The van der Waals surface area contributed by atoms with Gasteiger partial charge in [-0.25, -0.2) is 18.4 Å². The van der Waals surface area contributed by atoms with E-state index in [9.17, 15) is 13.2 Å². The Morgan fingerprint density at radius 3 is 2.73 bits per heavy atom. The van der Waals surface area contributed by atoms with E-state index in [0.717, 1.165) is 19.4 Å². The topological polar surface area (TPSA) is 92.3 Å². The summed E-state index contributed by atoms with van der Waals surface area (Å²) in [6.45, 7) is 1.53. The summed E-state index contributed by atoms with van der Waals surface area (Å²) in [6, 6.07) is 1.79. The van der Waals surface area contributed by atoms with Gasteiger partial charge in [0.05, 0.1) is 17.4 Å². The second kappa shape index (κ2) is 6.20. The molecule has 2 atom stereocenters. The standard InChI is InChI=1S/C14H20N4O3S/c19-13(11-4-8-22(20,21)10-11)17-12-3-1-7-18(9-12)14-15-5-2-6-16-14/h2,5-6,11-12H,1,3-4,7-10H2,(H,17,19)/t11-,12+/m0/s1. The summed E-state index contributed by atoms with van der Waals surface area (Å²) in [5.41, 5.74) is 0. The van der Waals surface area contributed by atoms with Crippen LogP contribution in [0.1, 0.15) is 19.3 Å². The molecule has 7 nitrogen and oxygen atoms in total. The summed E-state index contributed by atoms with van der Waals surface area (Å²) < 4.78 is 22.9. The number of rotatable bonds is 3. The monoisotopic (exact) mass is 324 g/mol. The first-order valence-electron chi connectivity index (χ1n) is 7.56. The predicted octanol–water partition coefficient (Wildman–Crippen LogP) is -0.00370. The minimum Gasteiger partial charge on any atom is -0.351 e. The molecule has 2 aliphatic heterocycles. The molecule has 0 aliphatic carbocycles. The fourth-order valence-corrected chi connectivity index (χ4v) is 4.79. The number of anilines is 1. The molecular weight excluding hydrogens is 304 g/mol. The molecule has 2 aliphatic rings. The maximum Gasteiger partial charge on any atom is 0.225 e. The van der Waals surface area contributed by atoms with Crippen LogP contribution < -0.4 is 10.2 Å². The zero-order valence-corrected chi connectivity index (χ0v) is 13.1. The number of carbonyl (C=O) groups is 1. The van der Waals surface area contributed by atoms with E-state index in [0.29, 0.717) is 18.9 Å². The number of amides is 1. The Bertz CT molecular complexity index is 635. The Kier molecular flexibility index (Phi) is 4.28. The van der Waals surface area contributed by atoms with Crippen LogP contribution in [0.5, 0.6) is 0 Å². The zero-order valence-electron chi connectivity index (χ0n) is 12.3. The number of aromatic nitrogens is 2. The van der Waals surface area contributed by atoms with E-state index in [4.69, 9.17) is 0 Å². The molecule has 2 fully saturated rings. The highest BCUT2D eigenvalue weighted by atomic mass is 32.2. The summed E-state index contributed by atoms with van der Waals surface area (Å²) >= 11 is 0. The van der Waals surface area contributed by atoms with Gasteiger partial charge >= 0.3 is 0 Å². The molecule has 2 saturated heterocycles. The van der Waals surface area contributed by atoms with Crippen molar-refractivity contribution in [3.63, 3.8) is 0 Å². The number of piperidine rings is 1. The normalized spacial score (nSPS) is 27.5. The zero-order chi connectivity index (χ0) is 15.6. The quantitative estimate of drug-likeness (QED) is 0.841. The van der Waals surface area contributed by atoms with Crippen LogP contribution in [-0.4, -0.2) is 54.9 Å². The molecule has 3 rings (SSSR count). The van der Waals surface area contributed by atoms with Crippen molar-refractivity contribution in [1.29, 1.82) is 0 Å². The third kappa shape index (κ3) is 3.55. The van der Waals surface area contributed by atoms with E-state index < -0.39 is 15.8 Å². The Labute approximate surface area is 130 Å². The van der Waals surface area contributed by atoms with Crippen molar-refractivity contribution in [1.82, 2.24) is 15.3 Å². The van der Waals surface area contributed by atoms with E-state index in [-0.39, 0.29) is 23.5 Å². The van der Waals surface area contributed by atoms with Gasteiger partial charge in [-0.3, -0.25) is 4.79 Å². The van der Waals surface area contributed by atoms with Crippen molar-refractivity contribution < 1.29 is 13.2 Å². The average molecular weight is 324 g/mol. The number of nitrogens with zero attached hydrogens (tertiary/aromatic N) is 3. The van der Waals surface area contributed by atoms with Crippen LogP contribution in [0.3, 0.4) is 0 Å². The molecule has 0 unspecified atom stereocenters. The Morgan fingerprint density at radius 2 is 2.05 bits per heavy atom. The lowest BCUT2D eigenvalue weighted by Crippen LogP contribution is -2.49. The van der Waals surface area contributed by atoms with Gasteiger partial charge in [0.1, 0.15) is 0 Å². The van der Waals surface area contributed by atoms with Crippen molar-refractivity contribution in [2.45, 2.75) is 25.3 Å².